The molecule has 5 nitrogen and oxygen atoms in total. The molecule has 2 aromatic rings. The molecule has 0 spiro atoms. The van der Waals surface area contributed by atoms with Crippen molar-refractivity contribution >= 4 is 23.2 Å². The number of nitrogens with zero attached hydrogens (tertiary/aromatic N) is 1. The maximum Gasteiger partial charge on any atom is 0.238 e. The summed E-state index contributed by atoms with van der Waals surface area (Å²) in [5.74, 6) is -0.234. The molecule has 0 aliphatic carbocycles. The van der Waals surface area contributed by atoms with Gasteiger partial charge in [-0.1, -0.05) is 42.8 Å². The van der Waals surface area contributed by atoms with E-state index in [2.05, 4.69) is 10.6 Å². The van der Waals surface area contributed by atoms with Gasteiger partial charge in [0.25, 0.3) is 0 Å². The number of aryl methyl sites for hydroxylation is 2. The number of hydrogen-bond donors (Lipinski definition) is 2. The Hall–Kier alpha value is -2.66. The van der Waals surface area contributed by atoms with Crippen LogP contribution < -0.4 is 10.6 Å². The van der Waals surface area contributed by atoms with Crippen molar-refractivity contribution in [3.63, 3.8) is 0 Å². The van der Waals surface area contributed by atoms with E-state index in [1.807, 2.05) is 74.2 Å². The number of carbonyl (C=O) groups is 2. The molecule has 0 aromatic heterocycles. The van der Waals surface area contributed by atoms with Gasteiger partial charge >= 0.3 is 0 Å². The SMILES string of the molecule is CCCN(CC(=O)Nc1ccc(C)cc1)CC(=O)Nc1ccccc1C. The van der Waals surface area contributed by atoms with Gasteiger partial charge < -0.3 is 10.6 Å². The summed E-state index contributed by atoms with van der Waals surface area (Å²) < 4.78 is 0. The first-order valence-corrected chi connectivity index (χ1v) is 8.92. The molecule has 2 rings (SSSR count). The molecule has 0 fully saturated rings. The molecule has 2 amide bonds. The minimum atomic E-state index is -0.119. The monoisotopic (exact) mass is 353 g/mol. The Labute approximate surface area is 155 Å². The van der Waals surface area contributed by atoms with Crippen LogP contribution in [-0.4, -0.2) is 36.3 Å². The van der Waals surface area contributed by atoms with Crippen molar-refractivity contribution in [3.05, 3.63) is 59.7 Å². The normalized spacial score (nSPS) is 10.6. The number of hydrogen-bond acceptors (Lipinski definition) is 3. The highest BCUT2D eigenvalue weighted by molar-refractivity contribution is 5.95. The Balaban J connectivity index is 1.90. The third-order valence-corrected chi connectivity index (χ3v) is 4.03. The predicted molar refractivity (Wildman–Crippen MR) is 106 cm³/mol. The van der Waals surface area contributed by atoms with Crippen LogP contribution in [0.5, 0.6) is 0 Å². The van der Waals surface area contributed by atoms with Crippen LogP contribution in [0.2, 0.25) is 0 Å². The highest BCUT2D eigenvalue weighted by Gasteiger charge is 2.15. The summed E-state index contributed by atoms with van der Waals surface area (Å²) in [4.78, 5) is 26.5. The molecule has 0 heterocycles. The molecule has 26 heavy (non-hydrogen) atoms. The van der Waals surface area contributed by atoms with Crippen LogP contribution in [0.1, 0.15) is 24.5 Å². The first-order valence-electron chi connectivity index (χ1n) is 8.92. The second kappa shape index (κ2) is 9.73. The number of anilines is 2. The number of benzene rings is 2. The van der Waals surface area contributed by atoms with Gasteiger partial charge in [0.15, 0.2) is 0 Å². The van der Waals surface area contributed by atoms with Crippen LogP contribution in [-0.2, 0) is 9.59 Å². The van der Waals surface area contributed by atoms with Gasteiger partial charge in [0.2, 0.25) is 11.8 Å². The highest BCUT2D eigenvalue weighted by atomic mass is 16.2. The first-order chi connectivity index (χ1) is 12.5. The summed E-state index contributed by atoms with van der Waals surface area (Å²) in [6.07, 6.45) is 0.870. The molecular weight excluding hydrogens is 326 g/mol. The van der Waals surface area contributed by atoms with Crippen LogP contribution in [0.25, 0.3) is 0 Å². The van der Waals surface area contributed by atoms with Crippen molar-refractivity contribution in [2.75, 3.05) is 30.3 Å². The highest BCUT2D eigenvalue weighted by Crippen LogP contribution is 2.13. The molecule has 0 aliphatic rings. The summed E-state index contributed by atoms with van der Waals surface area (Å²) in [5.41, 5.74) is 3.72. The van der Waals surface area contributed by atoms with Crippen LogP contribution >= 0.6 is 0 Å². The van der Waals surface area contributed by atoms with Gasteiger partial charge in [0, 0.05) is 11.4 Å². The lowest BCUT2D eigenvalue weighted by molar-refractivity contribution is -0.120. The Bertz CT molecular complexity index is 741. The summed E-state index contributed by atoms with van der Waals surface area (Å²) in [7, 11) is 0. The fourth-order valence-electron chi connectivity index (χ4n) is 2.68. The maximum atomic E-state index is 12.3. The number of para-hydroxylation sites is 1. The number of amides is 2. The van der Waals surface area contributed by atoms with Crippen molar-refractivity contribution in [3.8, 4) is 0 Å². The van der Waals surface area contributed by atoms with E-state index in [-0.39, 0.29) is 24.9 Å². The lowest BCUT2D eigenvalue weighted by Crippen LogP contribution is -2.39. The summed E-state index contributed by atoms with van der Waals surface area (Å²) >= 11 is 0. The largest absolute Gasteiger partial charge is 0.325 e. The average Bonchev–Trinajstić information content (AvgIpc) is 2.59. The standard InChI is InChI=1S/C21H27N3O2/c1-4-13-24(14-20(25)22-18-11-9-16(2)10-12-18)15-21(26)23-19-8-6-5-7-17(19)3/h5-12H,4,13-15H2,1-3H3,(H,22,25)(H,23,26). The molecule has 0 atom stereocenters. The number of nitrogens with one attached hydrogen (secondary N) is 2. The van der Waals surface area contributed by atoms with Crippen molar-refractivity contribution < 1.29 is 9.59 Å². The van der Waals surface area contributed by atoms with E-state index in [4.69, 9.17) is 0 Å². The van der Waals surface area contributed by atoms with Gasteiger partial charge in [-0.3, -0.25) is 14.5 Å². The fraction of sp³-hybridized carbons (Fsp3) is 0.333. The van der Waals surface area contributed by atoms with Gasteiger partial charge in [-0.25, -0.2) is 0 Å². The zero-order valence-electron chi connectivity index (χ0n) is 15.7. The molecule has 0 unspecified atom stereocenters. The quantitative estimate of drug-likeness (QED) is 0.762. The molecule has 5 heteroatoms. The Kier molecular flexibility index (Phi) is 7.36. The molecule has 0 saturated heterocycles. The van der Waals surface area contributed by atoms with E-state index >= 15 is 0 Å². The molecule has 0 bridgehead atoms. The Morgan fingerprint density at radius 1 is 0.885 bits per heavy atom. The zero-order chi connectivity index (χ0) is 18.9. The first kappa shape index (κ1) is 19.7. The lowest BCUT2D eigenvalue weighted by Gasteiger charge is -2.21. The van der Waals surface area contributed by atoms with Crippen molar-refractivity contribution in [1.82, 2.24) is 4.90 Å². The Morgan fingerprint density at radius 3 is 2.12 bits per heavy atom. The molecule has 138 valence electrons. The van der Waals surface area contributed by atoms with E-state index in [1.54, 1.807) is 0 Å². The summed E-state index contributed by atoms with van der Waals surface area (Å²) in [6, 6.07) is 15.3. The van der Waals surface area contributed by atoms with Crippen molar-refractivity contribution in [2.45, 2.75) is 27.2 Å². The van der Waals surface area contributed by atoms with Gasteiger partial charge in [-0.05, 0) is 50.6 Å². The van der Waals surface area contributed by atoms with E-state index < -0.39 is 0 Å². The summed E-state index contributed by atoms with van der Waals surface area (Å²) in [5, 5.41) is 5.79. The molecule has 0 saturated carbocycles. The molecule has 2 N–H and O–H groups in total. The molecule has 0 radical (unpaired) electrons. The smallest absolute Gasteiger partial charge is 0.238 e. The van der Waals surface area contributed by atoms with Gasteiger partial charge in [-0.2, -0.15) is 0 Å². The van der Waals surface area contributed by atoms with E-state index in [0.29, 0.717) is 6.54 Å². The Morgan fingerprint density at radius 2 is 1.50 bits per heavy atom. The number of carbonyl (C=O) groups excluding carboxylic acids is 2. The summed E-state index contributed by atoms with van der Waals surface area (Å²) in [6.45, 7) is 7.04. The topological polar surface area (TPSA) is 61.4 Å². The second-order valence-electron chi connectivity index (χ2n) is 6.49. The van der Waals surface area contributed by atoms with Crippen molar-refractivity contribution in [2.24, 2.45) is 0 Å². The van der Waals surface area contributed by atoms with Gasteiger partial charge in [-0.15, -0.1) is 0 Å². The van der Waals surface area contributed by atoms with Crippen LogP contribution in [0.3, 0.4) is 0 Å². The van der Waals surface area contributed by atoms with Crippen molar-refractivity contribution in [1.29, 1.82) is 0 Å². The third-order valence-electron chi connectivity index (χ3n) is 4.03. The third kappa shape index (κ3) is 6.33. The van der Waals surface area contributed by atoms with E-state index in [1.165, 1.54) is 0 Å². The zero-order valence-corrected chi connectivity index (χ0v) is 15.7. The fourth-order valence-corrected chi connectivity index (χ4v) is 2.68. The second-order valence-corrected chi connectivity index (χ2v) is 6.49. The van der Waals surface area contributed by atoms with E-state index in [9.17, 15) is 9.59 Å². The maximum absolute atomic E-state index is 12.3. The minimum Gasteiger partial charge on any atom is -0.325 e. The molecule has 0 aliphatic heterocycles. The van der Waals surface area contributed by atoms with Crippen LogP contribution in [0.15, 0.2) is 48.5 Å². The number of rotatable bonds is 8. The van der Waals surface area contributed by atoms with Gasteiger partial charge in [0.05, 0.1) is 13.1 Å². The predicted octanol–water partition coefficient (Wildman–Crippen LogP) is 3.59. The molecular formula is C21H27N3O2. The lowest BCUT2D eigenvalue weighted by atomic mass is 10.2. The van der Waals surface area contributed by atoms with E-state index in [0.717, 1.165) is 28.9 Å². The molecule has 2 aromatic carbocycles. The average molecular weight is 353 g/mol. The minimum absolute atomic E-state index is 0.115. The van der Waals surface area contributed by atoms with Gasteiger partial charge in [0.1, 0.15) is 0 Å². The van der Waals surface area contributed by atoms with Crippen LogP contribution in [0, 0.1) is 13.8 Å². The van der Waals surface area contributed by atoms with Crippen LogP contribution in [0.4, 0.5) is 11.4 Å².